The first-order valence-electron chi connectivity index (χ1n) is 8.40. The van der Waals surface area contributed by atoms with Gasteiger partial charge in [-0.25, -0.2) is 9.53 Å². The second-order valence-corrected chi connectivity index (χ2v) is 6.09. The van der Waals surface area contributed by atoms with Crippen LogP contribution in [0, 0.1) is 11.1 Å². The average Bonchev–Trinajstić information content (AvgIpc) is 2.88. The first-order chi connectivity index (χ1) is 12.8. The van der Waals surface area contributed by atoms with E-state index in [-0.39, 0.29) is 11.5 Å². The van der Waals surface area contributed by atoms with Crippen molar-refractivity contribution in [3.8, 4) is 11.5 Å². The van der Waals surface area contributed by atoms with Crippen molar-refractivity contribution in [3.63, 3.8) is 0 Å². The topological polar surface area (TPSA) is 91.1 Å². The van der Waals surface area contributed by atoms with Gasteiger partial charge in [-0.1, -0.05) is 6.07 Å². The van der Waals surface area contributed by atoms with Gasteiger partial charge < -0.3 is 24.3 Å². The highest BCUT2D eigenvalue weighted by molar-refractivity contribution is 6.09. The normalized spacial score (nSPS) is 17.4. The molecule has 146 valence electrons. The van der Waals surface area contributed by atoms with Gasteiger partial charge in [-0.15, -0.1) is 0 Å². The van der Waals surface area contributed by atoms with E-state index >= 15 is 0 Å². The first-order valence-corrected chi connectivity index (χ1v) is 8.40. The maximum Gasteiger partial charge on any atom is 0.336 e. The summed E-state index contributed by atoms with van der Waals surface area (Å²) in [7, 11) is 5.63. The van der Waals surface area contributed by atoms with E-state index in [0.29, 0.717) is 34.9 Å². The van der Waals surface area contributed by atoms with E-state index in [1.54, 1.807) is 27.2 Å². The number of nitrogens with zero attached hydrogens (tertiary/aromatic N) is 2. The number of hydrogen-bond donors (Lipinski definition) is 0. The lowest BCUT2D eigenvalue weighted by Crippen LogP contribution is -2.32. The molecule has 1 atom stereocenters. The summed E-state index contributed by atoms with van der Waals surface area (Å²) in [4.78, 5) is 26.4. The molecule has 0 saturated carbocycles. The van der Waals surface area contributed by atoms with Gasteiger partial charge in [0.2, 0.25) is 5.91 Å². The quantitative estimate of drug-likeness (QED) is 0.235. The number of carbonyl (C=O) groups excluding carboxylic acids is 2. The van der Waals surface area contributed by atoms with E-state index in [1.165, 1.54) is 25.3 Å². The highest BCUT2D eigenvalue weighted by Crippen LogP contribution is 2.31. The lowest BCUT2D eigenvalue weighted by Gasteiger charge is -2.19. The summed E-state index contributed by atoms with van der Waals surface area (Å²) in [6, 6.07) is 5.53. The minimum Gasteiger partial charge on any atom is -0.624 e. The zero-order valence-corrected chi connectivity index (χ0v) is 16.1. The van der Waals surface area contributed by atoms with E-state index in [1.807, 2.05) is 12.1 Å². The molecule has 1 heterocycles. The minimum atomic E-state index is -0.939. The second-order valence-electron chi connectivity index (χ2n) is 6.09. The van der Waals surface area contributed by atoms with E-state index < -0.39 is 11.9 Å². The predicted molar refractivity (Wildman–Crippen MR) is 98.8 cm³/mol. The Hall–Kier alpha value is -3.03. The van der Waals surface area contributed by atoms with Crippen LogP contribution in [0.1, 0.15) is 12.5 Å². The first kappa shape index (κ1) is 20.3. The fourth-order valence-corrected chi connectivity index (χ4v) is 3.11. The van der Waals surface area contributed by atoms with E-state index in [0.717, 1.165) is 5.56 Å². The molecule has 1 amide bonds. The molecule has 0 spiro atoms. The van der Waals surface area contributed by atoms with Gasteiger partial charge in [0.1, 0.15) is 13.0 Å². The zero-order valence-electron chi connectivity index (χ0n) is 16.1. The van der Waals surface area contributed by atoms with Crippen molar-refractivity contribution < 1.29 is 28.5 Å². The number of esters is 1. The predicted octanol–water partition coefficient (Wildman–Crippen LogP) is 1.36. The van der Waals surface area contributed by atoms with Crippen LogP contribution in [0.5, 0.6) is 11.5 Å². The fourth-order valence-electron chi connectivity index (χ4n) is 3.11. The highest BCUT2D eigenvalue weighted by atomic mass is 16.5. The molecule has 27 heavy (non-hydrogen) atoms. The number of amides is 1. The monoisotopic (exact) mass is 376 g/mol. The van der Waals surface area contributed by atoms with Gasteiger partial charge in [-0.05, 0) is 31.0 Å². The third-order valence-corrected chi connectivity index (χ3v) is 4.47. The average molecular weight is 376 g/mol. The largest absolute Gasteiger partial charge is 0.624 e. The smallest absolute Gasteiger partial charge is 0.336 e. The molecule has 1 aromatic carbocycles. The van der Waals surface area contributed by atoms with E-state index in [4.69, 9.17) is 14.2 Å². The third-order valence-electron chi connectivity index (χ3n) is 4.47. The maximum absolute atomic E-state index is 12.8. The van der Waals surface area contributed by atoms with Crippen LogP contribution in [0.3, 0.4) is 0 Å². The molecule has 0 aromatic heterocycles. The molecule has 1 aliphatic heterocycles. The minimum absolute atomic E-state index is 0.192. The molecule has 1 unspecified atom stereocenters. The third kappa shape index (κ3) is 4.21. The van der Waals surface area contributed by atoms with Crippen molar-refractivity contribution in [2.45, 2.75) is 13.3 Å². The molecule has 1 aliphatic rings. The highest BCUT2D eigenvalue weighted by Gasteiger charge is 2.42. The maximum atomic E-state index is 12.8. The summed E-state index contributed by atoms with van der Waals surface area (Å²) in [5, 5.41) is 11.4. The van der Waals surface area contributed by atoms with Crippen LogP contribution >= 0.6 is 0 Å². The zero-order chi connectivity index (χ0) is 20.1. The summed E-state index contributed by atoms with van der Waals surface area (Å²) in [6.07, 6.45) is 1.71. The van der Waals surface area contributed by atoms with Crippen LogP contribution in [0.4, 0.5) is 0 Å². The van der Waals surface area contributed by atoms with Gasteiger partial charge in [0.25, 0.3) is 0 Å². The lowest BCUT2D eigenvalue weighted by atomic mass is 10.0. The SMILES string of the molecule is COC(=O)C1=C(C)N(CCc2ccc(OC)c(OC)c2)C(=O)C1/C=[N+](\C)[O-]. The molecule has 0 N–H and O–H groups in total. The Labute approximate surface area is 158 Å². The number of methoxy groups -OCH3 is 3. The number of rotatable bonds is 7. The Morgan fingerprint density at radius 2 is 1.93 bits per heavy atom. The molecule has 0 aliphatic carbocycles. The van der Waals surface area contributed by atoms with Gasteiger partial charge in [0, 0.05) is 12.2 Å². The Morgan fingerprint density at radius 1 is 1.26 bits per heavy atom. The molecule has 0 saturated heterocycles. The molecule has 0 fully saturated rings. The second kappa shape index (κ2) is 8.57. The Balaban J connectivity index is 2.25. The van der Waals surface area contributed by atoms with Crippen molar-refractivity contribution in [2.75, 3.05) is 34.9 Å². The van der Waals surface area contributed by atoms with Crippen molar-refractivity contribution in [1.29, 1.82) is 0 Å². The number of hydrogen-bond acceptors (Lipinski definition) is 6. The summed E-state index contributed by atoms with van der Waals surface area (Å²) < 4.78 is 15.8. The number of hydroxylamine groups is 1. The van der Waals surface area contributed by atoms with Crippen LogP contribution in [-0.2, 0) is 20.7 Å². The van der Waals surface area contributed by atoms with Gasteiger partial charge in [0.05, 0.1) is 26.9 Å². The molecule has 0 radical (unpaired) electrons. The van der Waals surface area contributed by atoms with Crippen LogP contribution in [0.25, 0.3) is 0 Å². The van der Waals surface area contributed by atoms with Crippen molar-refractivity contribution >= 4 is 18.1 Å². The number of benzene rings is 1. The lowest BCUT2D eigenvalue weighted by molar-refractivity contribution is -0.419. The van der Waals surface area contributed by atoms with Crippen molar-refractivity contribution in [3.05, 3.63) is 40.2 Å². The molecule has 8 heteroatoms. The number of carbonyl (C=O) groups is 2. The van der Waals surface area contributed by atoms with Crippen LogP contribution in [-0.4, -0.2) is 62.7 Å². The summed E-state index contributed by atoms with van der Waals surface area (Å²) in [5.41, 5.74) is 1.63. The van der Waals surface area contributed by atoms with E-state index in [2.05, 4.69) is 0 Å². The summed E-state index contributed by atoms with van der Waals surface area (Å²) in [5.74, 6) is -0.654. The Morgan fingerprint density at radius 3 is 2.48 bits per heavy atom. The molecular weight excluding hydrogens is 352 g/mol. The summed E-state index contributed by atoms with van der Waals surface area (Å²) >= 11 is 0. The standard InChI is InChI=1S/C19H24N2O6/c1-12-17(19(23)27-5)14(11-20(2)24)18(22)21(12)9-8-13-6-7-15(25-3)16(10-13)26-4/h6-7,10-11,14H,8-9H2,1-5H3/b20-11+. The van der Waals surface area contributed by atoms with Crippen LogP contribution < -0.4 is 9.47 Å². The molecule has 8 nitrogen and oxygen atoms in total. The van der Waals surface area contributed by atoms with Gasteiger partial charge >= 0.3 is 5.97 Å². The fraction of sp³-hybridized carbons (Fsp3) is 0.421. The van der Waals surface area contributed by atoms with Crippen molar-refractivity contribution in [2.24, 2.45) is 5.92 Å². The van der Waals surface area contributed by atoms with Gasteiger partial charge in [-0.2, -0.15) is 0 Å². The number of allylic oxidation sites excluding steroid dienone is 1. The number of ether oxygens (including phenoxy) is 3. The van der Waals surface area contributed by atoms with Crippen LogP contribution in [0.15, 0.2) is 29.5 Å². The molecular formula is C19H24N2O6. The molecule has 0 bridgehead atoms. The van der Waals surface area contributed by atoms with Crippen LogP contribution in [0.2, 0.25) is 0 Å². The van der Waals surface area contributed by atoms with E-state index in [9.17, 15) is 14.8 Å². The van der Waals surface area contributed by atoms with Gasteiger partial charge in [0.15, 0.2) is 17.7 Å². The molecule has 1 aromatic rings. The molecule has 2 rings (SSSR count). The van der Waals surface area contributed by atoms with Crippen molar-refractivity contribution in [1.82, 2.24) is 4.90 Å². The Bertz CT molecular complexity index is 795. The van der Waals surface area contributed by atoms with Gasteiger partial charge in [-0.3, -0.25) is 4.79 Å². The Kier molecular flexibility index (Phi) is 6.44. The summed E-state index contributed by atoms with van der Waals surface area (Å²) in [6.45, 7) is 2.03.